The fraction of sp³-hybridized carbons (Fsp3) is 0.189. The van der Waals surface area contributed by atoms with E-state index in [-0.39, 0.29) is 26.2 Å². The van der Waals surface area contributed by atoms with Crippen LogP contribution in [0.2, 0.25) is 0 Å². The molecule has 0 fully saturated rings. The van der Waals surface area contributed by atoms with Crippen LogP contribution >= 0.6 is 0 Å². The van der Waals surface area contributed by atoms with E-state index in [1.807, 2.05) is 78.9 Å². The molecular formula is C37H35N3O7. The van der Waals surface area contributed by atoms with Gasteiger partial charge in [0, 0.05) is 23.5 Å². The molecule has 0 radical (unpaired) electrons. The first-order valence-corrected chi connectivity index (χ1v) is 15.2. The monoisotopic (exact) mass is 633 g/mol. The Labute approximate surface area is 272 Å². The molecule has 1 aromatic heterocycles. The van der Waals surface area contributed by atoms with Crippen LogP contribution in [-0.2, 0) is 54.8 Å². The molecule has 4 aromatic carbocycles. The standard InChI is InChI=1S/C37H35N3O7/c41-34(45-23-26-12-4-1-5-13-26)21-33(36(43)46-24-27-14-6-2-7-15-27)39-35(42)32(20-29-22-38-31-19-11-10-18-30(29)31)40-37(44)47-25-28-16-8-3-9-17-28/h1-19,22,32-33,38H,20-21,23-25H2,(H,39,42)(H,40,44)/t32-,33+/m0/s1. The normalized spacial score (nSPS) is 12.0. The molecule has 0 aliphatic carbocycles. The fourth-order valence-corrected chi connectivity index (χ4v) is 4.90. The van der Waals surface area contributed by atoms with E-state index in [1.165, 1.54) is 0 Å². The van der Waals surface area contributed by atoms with Gasteiger partial charge in [-0.05, 0) is 28.3 Å². The lowest BCUT2D eigenvalue weighted by molar-refractivity contribution is -0.155. The van der Waals surface area contributed by atoms with Crippen LogP contribution in [0, 0.1) is 0 Å². The molecule has 0 saturated heterocycles. The van der Waals surface area contributed by atoms with Gasteiger partial charge in [-0.1, -0.05) is 109 Å². The number of hydrogen-bond acceptors (Lipinski definition) is 7. The maximum atomic E-state index is 13.8. The Hall–Kier alpha value is -5.90. The molecule has 0 bridgehead atoms. The molecule has 10 nitrogen and oxygen atoms in total. The van der Waals surface area contributed by atoms with Crippen molar-refractivity contribution < 1.29 is 33.4 Å². The zero-order chi connectivity index (χ0) is 32.8. The highest BCUT2D eigenvalue weighted by Gasteiger charge is 2.31. The second kappa shape index (κ2) is 16.4. The Morgan fingerprint density at radius 3 is 1.74 bits per heavy atom. The van der Waals surface area contributed by atoms with Gasteiger partial charge < -0.3 is 29.8 Å². The summed E-state index contributed by atoms with van der Waals surface area (Å²) in [6, 6.07) is 32.2. The third kappa shape index (κ3) is 9.79. The molecule has 47 heavy (non-hydrogen) atoms. The van der Waals surface area contributed by atoms with Gasteiger partial charge in [0.15, 0.2) is 0 Å². The van der Waals surface area contributed by atoms with Crippen LogP contribution < -0.4 is 10.6 Å². The topological polar surface area (TPSA) is 136 Å². The fourth-order valence-electron chi connectivity index (χ4n) is 4.90. The number of aromatic nitrogens is 1. The minimum Gasteiger partial charge on any atom is -0.461 e. The largest absolute Gasteiger partial charge is 0.461 e. The van der Waals surface area contributed by atoms with Crippen molar-refractivity contribution in [1.82, 2.24) is 15.6 Å². The van der Waals surface area contributed by atoms with Gasteiger partial charge in [0.2, 0.25) is 5.91 Å². The molecule has 0 aliphatic rings. The number of alkyl carbamates (subject to hydrolysis) is 1. The number of carbonyl (C=O) groups is 4. The van der Waals surface area contributed by atoms with Crippen LogP contribution in [-0.4, -0.2) is 41.0 Å². The highest BCUT2D eigenvalue weighted by molar-refractivity contribution is 5.92. The first-order valence-electron chi connectivity index (χ1n) is 15.2. The Balaban J connectivity index is 1.31. The minimum absolute atomic E-state index is 0.00258. The number of nitrogens with one attached hydrogen (secondary N) is 3. The van der Waals surface area contributed by atoms with Gasteiger partial charge in [-0.15, -0.1) is 0 Å². The number of amides is 2. The zero-order valence-corrected chi connectivity index (χ0v) is 25.6. The van der Waals surface area contributed by atoms with Crippen LogP contribution in [0.5, 0.6) is 0 Å². The van der Waals surface area contributed by atoms with Gasteiger partial charge in [-0.25, -0.2) is 9.59 Å². The number of fused-ring (bicyclic) bond motifs is 1. The smallest absolute Gasteiger partial charge is 0.408 e. The van der Waals surface area contributed by atoms with Gasteiger partial charge >= 0.3 is 18.0 Å². The SMILES string of the molecule is O=C(C[C@@H](NC(=O)[C@H](Cc1c[nH]c2ccccc12)NC(=O)OCc1ccccc1)C(=O)OCc1ccccc1)OCc1ccccc1. The average Bonchev–Trinajstić information content (AvgIpc) is 3.52. The lowest BCUT2D eigenvalue weighted by atomic mass is 10.0. The molecule has 1 heterocycles. The maximum absolute atomic E-state index is 13.8. The van der Waals surface area contributed by atoms with Crippen molar-refractivity contribution in [2.45, 2.75) is 44.7 Å². The van der Waals surface area contributed by atoms with Gasteiger partial charge in [0.1, 0.15) is 31.9 Å². The molecule has 2 amide bonds. The average molecular weight is 634 g/mol. The van der Waals surface area contributed by atoms with Crippen LogP contribution in [0.1, 0.15) is 28.7 Å². The summed E-state index contributed by atoms with van der Waals surface area (Å²) in [5.41, 5.74) is 3.89. The number of esters is 2. The Morgan fingerprint density at radius 1 is 0.596 bits per heavy atom. The predicted octanol–water partition coefficient (Wildman–Crippen LogP) is 5.37. The summed E-state index contributed by atoms with van der Waals surface area (Å²) in [6.45, 7) is -0.0683. The summed E-state index contributed by atoms with van der Waals surface area (Å²) < 4.78 is 16.3. The van der Waals surface area contributed by atoms with Crippen molar-refractivity contribution in [2.75, 3.05) is 0 Å². The number of ether oxygens (including phenoxy) is 3. The van der Waals surface area contributed by atoms with Crippen LogP contribution in [0.25, 0.3) is 10.9 Å². The molecule has 3 N–H and O–H groups in total. The lowest BCUT2D eigenvalue weighted by Crippen LogP contribution is -2.53. The number of carbonyl (C=O) groups excluding carboxylic acids is 4. The van der Waals surface area contributed by atoms with E-state index in [0.717, 1.165) is 33.2 Å². The molecule has 10 heteroatoms. The Kier molecular flexibility index (Phi) is 11.4. The van der Waals surface area contributed by atoms with Gasteiger partial charge in [-0.2, -0.15) is 0 Å². The Bertz CT molecular complexity index is 1780. The van der Waals surface area contributed by atoms with Crippen molar-refractivity contribution in [3.63, 3.8) is 0 Å². The van der Waals surface area contributed by atoms with Gasteiger partial charge in [0.05, 0.1) is 6.42 Å². The maximum Gasteiger partial charge on any atom is 0.408 e. The number of H-pyrrole nitrogens is 1. The molecule has 0 spiro atoms. The highest BCUT2D eigenvalue weighted by Crippen LogP contribution is 2.19. The zero-order valence-electron chi connectivity index (χ0n) is 25.6. The van der Waals surface area contributed by atoms with Crippen molar-refractivity contribution >= 4 is 34.8 Å². The van der Waals surface area contributed by atoms with E-state index in [2.05, 4.69) is 15.6 Å². The van der Waals surface area contributed by atoms with Crippen molar-refractivity contribution in [1.29, 1.82) is 0 Å². The minimum atomic E-state index is -1.39. The van der Waals surface area contributed by atoms with E-state index < -0.39 is 42.4 Å². The highest BCUT2D eigenvalue weighted by atomic mass is 16.6. The van der Waals surface area contributed by atoms with Crippen LogP contribution in [0.3, 0.4) is 0 Å². The second-order valence-corrected chi connectivity index (χ2v) is 10.8. The molecular weight excluding hydrogens is 598 g/mol. The number of hydrogen-bond donors (Lipinski definition) is 3. The molecule has 0 aliphatic heterocycles. The van der Waals surface area contributed by atoms with Gasteiger partial charge in [-0.3, -0.25) is 9.59 Å². The van der Waals surface area contributed by atoms with Crippen LogP contribution in [0.4, 0.5) is 4.79 Å². The number of benzene rings is 4. The lowest BCUT2D eigenvalue weighted by Gasteiger charge is -2.22. The number of rotatable bonds is 14. The van der Waals surface area contributed by atoms with E-state index in [0.29, 0.717) is 0 Å². The van der Waals surface area contributed by atoms with E-state index in [9.17, 15) is 19.2 Å². The molecule has 5 rings (SSSR count). The first kappa shape index (κ1) is 32.5. The van der Waals surface area contributed by atoms with E-state index in [4.69, 9.17) is 14.2 Å². The van der Waals surface area contributed by atoms with Crippen molar-refractivity contribution in [3.8, 4) is 0 Å². The molecule has 2 atom stereocenters. The third-order valence-electron chi connectivity index (χ3n) is 7.36. The van der Waals surface area contributed by atoms with Crippen molar-refractivity contribution in [2.24, 2.45) is 0 Å². The number of aromatic amines is 1. The molecule has 0 unspecified atom stereocenters. The quantitative estimate of drug-likeness (QED) is 0.111. The number of para-hydroxylation sites is 1. The summed E-state index contributed by atoms with van der Waals surface area (Å²) in [4.78, 5) is 56.1. The summed E-state index contributed by atoms with van der Waals surface area (Å²) in [7, 11) is 0. The third-order valence-corrected chi connectivity index (χ3v) is 7.36. The van der Waals surface area contributed by atoms with E-state index in [1.54, 1.807) is 42.6 Å². The summed E-state index contributed by atoms with van der Waals surface area (Å²) in [6.07, 6.45) is 0.527. The first-order chi connectivity index (χ1) is 22.9. The van der Waals surface area contributed by atoms with Crippen LogP contribution in [0.15, 0.2) is 121 Å². The predicted molar refractivity (Wildman–Crippen MR) is 175 cm³/mol. The molecule has 5 aromatic rings. The second-order valence-electron chi connectivity index (χ2n) is 10.8. The van der Waals surface area contributed by atoms with E-state index >= 15 is 0 Å². The van der Waals surface area contributed by atoms with Crippen molar-refractivity contribution in [3.05, 3.63) is 144 Å². The molecule has 0 saturated carbocycles. The Morgan fingerprint density at radius 2 is 1.13 bits per heavy atom. The summed E-state index contributed by atoms with van der Waals surface area (Å²) >= 11 is 0. The molecule has 240 valence electrons. The summed E-state index contributed by atoms with van der Waals surface area (Å²) in [5.74, 6) is -2.24. The van der Waals surface area contributed by atoms with Gasteiger partial charge in [0.25, 0.3) is 0 Å². The summed E-state index contributed by atoms with van der Waals surface area (Å²) in [5, 5.41) is 6.13.